The smallest absolute Gasteiger partial charge is 0.241 e. The molecule has 3 aliphatic heterocycles. The molecular formula is C37H32Cl2FN3O6. The summed E-state index contributed by atoms with van der Waals surface area (Å²) in [7, 11) is 0. The molecule has 12 heteroatoms. The number of fused-ring (bicyclic) bond motifs is 4. The van der Waals surface area contributed by atoms with E-state index >= 15 is 0 Å². The molecule has 3 aromatic rings. The molecule has 3 heterocycles. The first-order valence-corrected chi connectivity index (χ1v) is 17.1. The number of imide groups is 2. The predicted molar refractivity (Wildman–Crippen MR) is 181 cm³/mol. The Bertz CT molecular complexity index is 1960. The third kappa shape index (κ3) is 4.75. The van der Waals surface area contributed by atoms with Gasteiger partial charge in [-0.2, -0.15) is 0 Å². The van der Waals surface area contributed by atoms with Crippen LogP contribution in [0.2, 0.25) is 10.0 Å². The minimum Gasteiger partial charge on any atom is -0.508 e. The molecule has 9 nitrogen and oxygen atoms in total. The number of ether oxygens (including phenoxy) is 1. The number of carbonyl (C=O) groups excluding carboxylic acids is 4. The lowest BCUT2D eigenvalue weighted by atomic mass is 9.51. The van der Waals surface area contributed by atoms with Crippen LogP contribution in [0.5, 0.6) is 5.75 Å². The lowest BCUT2D eigenvalue weighted by Gasteiger charge is -2.49. The Balaban J connectivity index is 1.20. The monoisotopic (exact) mass is 703 g/mol. The van der Waals surface area contributed by atoms with Crippen LogP contribution in [0.15, 0.2) is 72.3 Å². The van der Waals surface area contributed by atoms with Crippen molar-refractivity contribution >= 4 is 63.9 Å². The van der Waals surface area contributed by atoms with Crippen LogP contribution in [-0.2, 0) is 23.9 Å². The van der Waals surface area contributed by atoms with Crippen LogP contribution in [0.1, 0.15) is 31.2 Å². The average molecular weight is 705 g/mol. The van der Waals surface area contributed by atoms with E-state index in [1.165, 1.54) is 29.2 Å². The van der Waals surface area contributed by atoms with Crippen molar-refractivity contribution in [1.29, 1.82) is 0 Å². The normalized spacial score (nSPS) is 29.6. The number of benzene rings is 3. The maximum absolute atomic E-state index is 14.5. The summed E-state index contributed by atoms with van der Waals surface area (Å²) in [6.07, 6.45) is 2.28. The maximum atomic E-state index is 14.5. The summed E-state index contributed by atoms with van der Waals surface area (Å²) < 4.78 is 19.6. The molecular weight excluding hydrogens is 672 g/mol. The molecule has 2 aliphatic carbocycles. The summed E-state index contributed by atoms with van der Waals surface area (Å²) >= 11 is 12.5. The number of aromatic hydroxyl groups is 1. The highest BCUT2D eigenvalue weighted by atomic mass is 35.5. The fourth-order valence-electron chi connectivity index (χ4n) is 8.87. The Morgan fingerprint density at radius 2 is 1.53 bits per heavy atom. The van der Waals surface area contributed by atoms with Crippen molar-refractivity contribution < 1.29 is 33.4 Å². The molecule has 1 saturated carbocycles. The lowest BCUT2D eigenvalue weighted by Crippen LogP contribution is -2.48. The fourth-order valence-corrected chi connectivity index (χ4v) is 9.23. The Morgan fingerprint density at radius 3 is 2.24 bits per heavy atom. The number of carbonyl (C=O) groups is 4. The summed E-state index contributed by atoms with van der Waals surface area (Å²) in [4.78, 5) is 61.7. The Kier molecular flexibility index (Phi) is 7.62. The van der Waals surface area contributed by atoms with E-state index in [4.69, 9.17) is 27.9 Å². The molecule has 3 aromatic carbocycles. The van der Waals surface area contributed by atoms with Crippen LogP contribution in [0.25, 0.3) is 0 Å². The van der Waals surface area contributed by atoms with Gasteiger partial charge in [-0.1, -0.05) is 34.9 Å². The highest BCUT2D eigenvalue weighted by Gasteiger charge is 2.68. The Morgan fingerprint density at radius 1 is 0.837 bits per heavy atom. The third-order valence-corrected chi connectivity index (χ3v) is 11.7. The first-order valence-electron chi connectivity index (χ1n) is 16.3. The minimum absolute atomic E-state index is 0.114. The van der Waals surface area contributed by atoms with Gasteiger partial charge in [-0.15, -0.1) is 0 Å². The quantitative estimate of drug-likeness (QED) is 0.258. The van der Waals surface area contributed by atoms with Gasteiger partial charge in [0.1, 0.15) is 11.6 Å². The van der Waals surface area contributed by atoms with Crippen molar-refractivity contribution in [1.82, 2.24) is 0 Å². The summed E-state index contributed by atoms with van der Waals surface area (Å²) in [5.74, 6) is -6.33. The van der Waals surface area contributed by atoms with Gasteiger partial charge in [-0.25, -0.2) is 9.29 Å². The van der Waals surface area contributed by atoms with E-state index in [1.54, 1.807) is 25.1 Å². The predicted octanol–water partition coefficient (Wildman–Crippen LogP) is 6.11. The Labute approximate surface area is 291 Å². The van der Waals surface area contributed by atoms with E-state index < -0.39 is 52.6 Å². The van der Waals surface area contributed by atoms with E-state index in [9.17, 15) is 28.7 Å². The largest absolute Gasteiger partial charge is 0.508 e. The molecule has 252 valence electrons. The zero-order valence-electron chi connectivity index (χ0n) is 26.4. The second-order valence-corrected chi connectivity index (χ2v) is 14.4. The van der Waals surface area contributed by atoms with Crippen LogP contribution >= 0.6 is 23.2 Å². The van der Waals surface area contributed by atoms with E-state index in [0.717, 1.165) is 29.7 Å². The summed E-state index contributed by atoms with van der Waals surface area (Å²) in [5, 5.41) is 11.3. The number of anilines is 3. The van der Waals surface area contributed by atoms with Crippen molar-refractivity contribution in [3.63, 3.8) is 0 Å². The summed E-state index contributed by atoms with van der Waals surface area (Å²) in [6.45, 7) is 4.45. The van der Waals surface area contributed by atoms with Gasteiger partial charge in [-0.3, -0.25) is 24.1 Å². The molecule has 4 fully saturated rings. The third-order valence-electron chi connectivity index (χ3n) is 11.2. The second kappa shape index (κ2) is 11.7. The molecule has 0 bridgehead atoms. The zero-order chi connectivity index (χ0) is 34.4. The second-order valence-electron chi connectivity index (χ2n) is 13.6. The molecule has 49 heavy (non-hydrogen) atoms. The maximum Gasteiger partial charge on any atom is 0.241 e. The number of halogens is 3. The molecule has 3 saturated heterocycles. The number of hydrogen-bond donors (Lipinski definition) is 1. The van der Waals surface area contributed by atoms with Crippen LogP contribution in [-0.4, -0.2) is 55.0 Å². The molecule has 0 radical (unpaired) electrons. The summed E-state index contributed by atoms with van der Waals surface area (Å²) in [5.41, 5.74) is 1.22. The molecule has 6 unspecified atom stereocenters. The van der Waals surface area contributed by atoms with Crippen molar-refractivity contribution in [2.45, 2.75) is 25.7 Å². The minimum atomic E-state index is -1.41. The number of phenolic OH excluding ortho intramolecular Hbond substituents is 1. The van der Waals surface area contributed by atoms with Crippen molar-refractivity contribution in [2.75, 3.05) is 41.0 Å². The SMILES string of the molecule is CC12C(=O)N(c3ccc(F)c(Cl)c3)C(=O)C1CC1C(=CCC3C(=O)N(c4ccc(N5CCOCC5)cc4)C(=O)C31)C2c1cc(Cl)ccc1O. The number of hydrogen-bond acceptors (Lipinski definition) is 7. The van der Waals surface area contributed by atoms with Crippen LogP contribution in [0, 0.1) is 34.9 Å². The standard InChI is InChI=1S/C37H32Cl2FN3O6/c1-37-27(34(46)43(36(37)48)22-7-10-29(40)28(39)17-22)18-25-23(32(37)26-16-19(38)2-11-30(26)44)8-9-24-31(25)35(47)42(33(24)45)21-5-3-20(4-6-21)41-12-14-49-15-13-41/h2-8,10-11,16-17,24-25,27,31-32,44H,9,12-15,18H2,1H3. The zero-order valence-corrected chi connectivity index (χ0v) is 28.0. The number of nitrogens with zero attached hydrogens (tertiary/aromatic N) is 3. The molecule has 0 aromatic heterocycles. The highest BCUT2D eigenvalue weighted by molar-refractivity contribution is 6.32. The van der Waals surface area contributed by atoms with Gasteiger partial charge in [-0.05, 0) is 86.3 Å². The first-order chi connectivity index (χ1) is 23.5. The highest BCUT2D eigenvalue weighted by Crippen LogP contribution is 2.64. The van der Waals surface area contributed by atoms with Crippen LogP contribution in [0.3, 0.4) is 0 Å². The number of allylic oxidation sites excluding steroid dienone is 2. The molecule has 0 spiro atoms. The van der Waals surface area contributed by atoms with Gasteiger partial charge in [0, 0.05) is 35.3 Å². The molecule has 6 atom stereocenters. The van der Waals surface area contributed by atoms with E-state index in [2.05, 4.69) is 4.90 Å². The van der Waals surface area contributed by atoms with Crippen molar-refractivity contribution in [2.24, 2.45) is 29.1 Å². The molecule has 5 aliphatic rings. The average Bonchev–Trinajstić information content (AvgIpc) is 3.47. The number of amides is 4. The fraction of sp³-hybridized carbons (Fsp3) is 0.351. The van der Waals surface area contributed by atoms with E-state index in [0.29, 0.717) is 35.1 Å². The van der Waals surface area contributed by atoms with Crippen molar-refractivity contribution in [3.05, 3.63) is 93.7 Å². The van der Waals surface area contributed by atoms with Gasteiger partial charge in [0.2, 0.25) is 23.6 Å². The van der Waals surface area contributed by atoms with E-state index in [1.807, 2.05) is 18.2 Å². The van der Waals surface area contributed by atoms with Gasteiger partial charge in [0.15, 0.2) is 0 Å². The topological polar surface area (TPSA) is 107 Å². The van der Waals surface area contributed by atoms with Gasteiger partial charge >= 0.3 is 0 Å². The van der Waals surface area contributed by atoms with E-state index in [-0.39, 0.29) is 41.1 Å². The number of rotatable bonds is 4. The van der Waals surface area contributed by atoms with Gasteiger partial charge < -0.3 is 14.7 Å². The van der Waals surface area contributed by atoms with Gasteiger partial charge in [0.25, 0.3) is 0 Å². The van der Waals surface area contributed by atoms with Crippen molar-refractivity contribution in [3.8, 4) is 5.75 Å². The Hall–Kier alpha value is -4.25. The summed E-state index contributed by atoms with van der Waals surface area (Å²) in [6, 6.07) is 15.6. The molecule has 8 rings (SSSR count). The van der Waals surface area contributed by atoms with Crippen LogP contribution in [0.4, 0.5) is 21.5 Å². The van der Waals surface area contributed by atoms with Gasteiger partial charge in [0.05, 0.1) is 52.8 Å². The molecule has 4 amide bonds. The molecule has 1 N–H and O–H groups in total. The van der Waals surface area contributed by atoms with Crippen LogP contribution < -0.4 is 14.7 Å². The number of morpholine rings is 1. The first kappa shape index (κ1) is 32.0. The number of phenols is 1. The lowest BCUT2D eigenvalue weighted by molar-refractivity contribution is -0.131.